The summed E-state index contributed by atoms with van der Waals surface area (Å²) < 4.78 is 18.2. The maximum atomic E-state index is 6.89. The van der Waals surface area contributed by atoms with Crippen LogP contribution in [0.25, 0.3) is 0 Å². The minimum Gasteiger partial charge on any atom is -0.414 e. The van der Waals surface area contributed by atoms with Gasteiger partial charge < -0.3 is 13.9 Å². The van der Waals surface area contributed by atoms with Gasteiger partial charge in [-0.1, -0.05) is 71.3 Å². The molecule has 0 N–H and O–H groups in total. The zero-order chi connectivity index (χ0) is 26.8. The molecule has 3 aliphatic carbocycles. The van der Waals surface area contributed by atoms with Gasteiger partial charge in [0.15, 0.2) is 14.6 Å². The molecule has 0 aromatic heterocycles. The monoisotopic (exact) mass is 530 g/mol. The molecule has 0 spiro atoms. The standard InChI is InChI=1S/C33H58O3Si/c1-24-21-26(23-28(22-24)36-37(7,8)32(3,4)5)14-15-27-12-10-18-33(6)29(16-17-30(27)33)25(2)11-9-13-31-34-19-20-35-31/h14-15,24-25,28-31H,9-13,16-23H2,1-8H3/b26-14-,27-15+/t24-,25-,28+,29-,30+,33-/m1/s1. The number of hydrogen-bond donors (Lipinski definition) is 0. The number of fused-ring (bicyclic) bond motifs is 1. The van der Waals surface area contributed by atoms with Crippen LogP contribution in [-0.4, -0.2) is 33.9 Å². The molecule has 4 rings (SSSR count). The molecule has 3 saturated carbocycles. The molecule has 0 aromatic rings. The Morgan fingerprint density at radius 2 is 1.84 bits per heavy atom. The van der Waals surface area contributed by atoms with Gasteiger partial charge in [-0.25, -0.2) is 0 Å². The van der Waals surface area contributed by atoms with Crippen LogP contribution in [0.3, 0.4) is 0 Å². The van der Waals surface area contributed by atoms with Crippen LogP contribution in [0, 0.1) is 29.1 Å². The number of rotatable bonds is 8. The molecule has 4 heteroatoms. The second-order valence-corrected chi connectivity index (χ2v) is 19.7. The van der Waals surface area contributed by atoms with Crippen molar-refractivity contribution in [2.75, 3.05) is 13.2 Å². The van der Waals surface area contributed by atoms with E-state index in [4.69, 9.17) is 13.9 Å². The molecule has 1 saturated heterocycles. The fraction of sp³-hybridized carbons (Fsp3) is 0.879. The molecule has 1 aliphatic heterocycles. The molecule has 0 radical (unpaired) electrons. The van der Waals surface area contributed by atoms with E-state index in [1.807, 2.05) is 0 Å². The van der Waals surface area contributed by atoms with Gasteiger partial charge in [0, 0.05) is 6.10 Å². The van der Waals surface area contributed by atoms with E-state index in [1.165, 1.54) is 57.8 Å². The maximum Gasteiger partial charge on any atom is 0.192 e. The second kappa shape index (κ2) is 12.0. The third-order valence-electron chi connectivity index (χ3n) is 11.1. The third kappa shape index (κ3) is 7.02. The summed E-state index contributed by atoms with van der Waals surface area (Å²) in [5.74, 6) is 3.16. The van der Waals surface area contributed by atoms with E-state index in [1.54, 1.807) is 11.1 Å². The van der Waals surface area contributed by atoms with Gasteiger partial charge in [0.1, 0.15) is 0 Å². The molecule has 0 unspecified atom stereocenters. The van der Waals surface area contributed by atoms with Gasteiger partial charge in [-0.2, -0.15) is 0 Å². The minimum absolute atomic E-state index is 0.0609. The van der Waals surface area contributed by atoms with Gasteiger partial charge in [0.05, 0.1) is 13.2 Å². The van der Waals surface area contributed by atoms with E-state index in [9.17, 15) is 0 Å². The van der Waals surface area contributed by atoms with Gasteiger partial charge in [0.2, 0.25) is 0 Å². The molecule has 4 fully saturated rings. The number of hydrogen-bond acceptors (Lipinski definition) is 3. The highest BCUT2D eigenvalue weighted by Gasteiger charge is 2.50. The second-order valence-electron chi connectivity index (χ2n) is 15.0. The summed E-state index contributed by atoms with van der Waals surface area (Å²) in [5.41, 5.74) is 3.86. The summed E-state index contributed by atoms with van der Waals surface area (Å²) in [4.78, 5) is 0. The van der Waals surface area contributed by atoms with E-state index in [0.29, 0.717) is 11.5 Å². The van der Waals surface area contributed by atoms with E-state index in [2.05, 4.69) is 66.8 Å². The van der Waals surface area contributed by atoms with Crippen LogP contribution in [0.1, 0.15) is 112 Å². The number of ether oxygens (including phenoxy) is 2. The zero-order valence-electron chi connectivity index (χ0n) is 25.5. The van der Waals surface area contributed by atoms with E-state index in [0.717, 1.165) is 49.7 Å². The Labute approximate surface area is 230 Å². The first-order valence-corrected chi connectivity index (χ1v) is 18.6. The Hall–Kier alpha value is -0.423. The van der Waals surface area contributed by atoms with Crippen molar-refractivity contribution in [3.63, 3.8) is 0 Å². The van der Waals surface area contributed by atoms with Crippen molar-refractivity contribution >= 4 is 8.32 Å². The minimum atomic E-state index is -1.73. The Morgan fingerprint density at radius 3 is 2.54 bits per heavy atom. The summed E-state index contributed by atoms with van der Waals surface area (Å²) in [5, 5.41) is 0.278. The summed E-state index contributed by atoms with van der Waals surface area (Å²) in [7, 11) is -1.73. The van der Waals surface area contributed by atoms with Crippen molar-refractivity contribution in [1.29, 1.82) is 0 Å². The normalized spacial score (nSPS) is 36.9. The molecule has 0 aromatic carbocycles. The van der Waals surface area contributed by atoms with E-state index in [-0.39, 0.29) is 11.3 Å². The van der Waals surface area contributed by atoms with Crippen molar-refractivity contribution < 1.29 is 13.9 Å². The fourth-order valence-electron chi connectivity index (χ4n) is 8.08. The Balaban J connectivity index is 1.38. The van der Waals surface area contributed by atoms with Crippen molar-refractivity contribution in [3.8, 4) is 0 Å². The van der Waals surface area contributed by atoms with Gasteiger partial charge >= 0.3 is 0 Å². The topological polar surface area (TPSA) is 27.7 Å². The summed E-state index contributed by atoms with van der Waals surface area (Å²) in [6.45, 7) is 21.1. The van der Waals surface area contributed by atoms with Crippen LogP contribution in [0.2, 0.25) is 18.1 Å². The largest absolute Gasteiger partial charge is 0.414 e. The molecule has 0 bridgehead atoms. The number of allylic oxidation sites excluding steroid dienone is 3. The molecular weight excluding hydrogens is 472 g/mol. The predicted octanol–water partition coefficient (Wildman–Crippen LogP) is 9.45. The van der Waals surface area contributed by atoms with Crippen molar-refractivity contribution in [3.05, 3.63) is 23.3 Å². The lowest BCUT2D eigenvalue weighted by Crippen LogP contribution is -2.45. The first-order chi connectivity index (χ1) is 17.4. The highest BCUT2D eigenvalue weighted by molar-refractivity contribution is 6.74. The molecule has 212 valence electrons. The molecule has 0 amide bonds. The fourth-order valence-corrected chi connectivity index (χ4v) is 9.45. The lowest BCUT2D eigenvalue weighted by molar-refractivity contribution is -0.0491. The summed E-state index contributed by atoms with van der Waals surface area (Å²) >= 11 is 0. The first-order valence-electron chi connectivity index (χ1n) is 15.7. The summed E-state index contributed by atoms with van der Waals surface area (Å²) in [6.07, 6.45) is 19.7. The van der Waals surface area contributed by atoms with E-state index < -0.39 is 8.32 Å². The molecular formula is C33H58O3Si. The van der Waals surface area contributed by atoms with Crippen LogP contribution in [0.15, 0.2) is 23.3 Å². The SMILES string of the molecule is C[C@@H]1C/C(=C/C=C2\CCC[C@]3(C)[C@@H]([C@H](C)CCCC4OCCO4)CC[C@@H]23)C[C@@H](O[Si](C)(C)C(C)(C)C)C1. The smallest absolute Gasteiger partial charge is 0.192 e. The first kappa shape index (κ1) is 29.6. The van der Waals surface area contributed by atoms with Crippen molar-refractivity contribution in [2.45, 2.75) is 143 Å². The highest BCUT2D eigenvalue weighted by atomic mass is 28.4. The van der Waals surface area contributed by atoms with Crippen LogP contribution in [0.5, 0.6) is 0 Å². The molecule has 3 nitrogen and oxygen atoms in total. The highest BCUT2D eigenvalue weighted by Crippen LogP contribution is 2.60. The third-order valence-corrected chi connectivity index (χ3v) is 15.6. The molecule has 6 atom stereocenters. The summed E-state index contributed by atoms with van der Waals surface area (Å²) in [6, 6.07) is 0. The van der Waals surface area contributed by atoms with Crippen molar-refractivity contribution in [2.24, 2.45) is 29.1 Å². The average molecular weight is 531 g/mol. The van der Waals surface area contributed by atoms with Crippen LogP contribution in [0.4, 0.5) is 0 Å². The zero-order valence-corrected chi connectivity index (χ0v) is 26.5. The van der Waals surface area contributed by atoms with Crippen molar-refractivity contribution in [1.82, 2.24) is 0 Å². The Kier molecular flexibility index (Phi) is 9.57. The van der Waals surface area contributed by atoms with Gasteiger partial charge in [-0.3, -0.25) is 0 Å². The van der Waals surface area contributed by atoms with E-state index >= 15 is 0 Å². The Morgan fingerprint density at radius 1 is 1.11 bits per heavy atom. The van der Waals surface area contributed by atoms with Crippen LogP contribution in [-0.2, 0) is 13.9 Å². The molecule has 4 aliphatic rings. The van der Waals surface area contributed by atoms with Gasteiger partial charge in [-0.05, 0) is 111 Å². The lowest BCUT2D eigenvalue weighted by atomic mass is 9.60. The maximum absolute atomic E-state index is 6.89. The van der Waals surface area contributed by atoms with Crippen LogP contribution >= 0.6 is 0 Å². The van der Waals surface area contributed by atoms with Gasteiger partial charge in [-0.15, -0.1) is 0 Å². The molecule has 37 heavy (non-hydrogen) atoms. The quantitative estimate of drug-likeness (QED) is 0.292. The molecule has 1 heterocycles. The van der Waals surface area contributed by atoms with Gasteiger partial charge in [0.25, 0.3) is 0 Å². The Bertz CT molecular complexity index is 818. The average Bonchev–Trinajstić information content (AvgIpc) is 3.43. The van der Waals surface area contributed by atoms with Crippen LogP contribution < -0.4 is 0 Å². The lowest BCUT2D eigenvalue weighted by Gasteiger charge is -2.44. The predicted molar refractivity (Wildman–Crippen MR) is 158 cm³/mol.